The quantitative estimate of drug-likeness (QED) is 0.0231. The molecule has 2 saturated heterocycles. The summed E-state index contributed by atoms with van der Waals surface area (Å²) in [6, 6.07) is 9.11. The van der Waals surface area contributed by atoms with E-state index in [0.717, 1.165) is 36.4 Å². The van der Waals surface area contributed by atoms with Crippen LogP contribution in [0.4, 0.5) is 11.4 Å². The highest BCUT2D eigenvalue weighted by Crippen LogP contribution is 2.41. The number of benzene rings is 2. The molecule has 2 heterocycles. The average Bonchev–Trinajstić information content (AvgIpc) is 0.772. The van der Waals surface area contributed by atoms with E-state index in [-0.39, 0.29) is 32.9 Å². The Morgan fingerprint density at radius 2 is 0.540 bits per heavy atom. The van der Waals surface area contributed by atoms with Crippen LogP contribution < -0.4 is 10.5 Å². The van der Waals surface area contributed by atoms with E-state index < -0.39 is 157 Å². The lowest BCUT2D eigenvalue weighted by Gasteiger charge is -2.48. The summed E-state index contributed by atoms with van der Waals surface area (Å²) in [6.45, 7) is 77.4. The van der Waals surface area contributed by atoms with Crippen molar-refractivity contribution in [1.82, 2.24) is 39.2 Å². The number of hydrogen-bond donors (Lipinski definition) is 9. The molecule has 0 bridgehead atoms. The molecular formula is C72H152N10O33S9. The van der Waals surface area contributed by atoms with Gasteiger partial charge in [-0.1, -0.05) is 178 Å². The maximum absolute atomic E-state index is 12.9. The Hall–Kier alpha value is -3.01. The molecule has 10 N–H and O–H groups in total. The summed E-state index contributed by atoms with van der Waals surface area (Å²) in [6.07, 6.45) is -27.2. The van der Waals surface area contributed by atoms with Crippen LogP contribution in [0, 0.1) is 0 Å². The summed E-state index contributed by atoms with van der Waals surface area (Å²) in [5.41, 5.74) is 3.36. The molecule has 43 nitrogen and oxygen atoms in total. The van der Waals surface area contributed by atoms with Gasteiger partial charge >= 0.3 is 72.8 Å². The summed E-state index contributed by atoms with van der Waals surface area (Å²) in [5.74, 6) is 0. The summed E-state index contributed by atoms with van der Waals surface area (Å²) in [4.78, 5) is 18.6. The van der Waals surface area contributed by atoms with Gasteiger partial charge in [0.25, 0.3) is 10.0 Å². The number of sulfonamides is 1. The van der Waals surface area contributed by atoms with Crippen molar-refractivity contribution < 1.29 is 143 Å². The third kappa shape index (κ3) is 63.9. The molecule has 0 unspecified atom stereocenters. The molecule has 2 aromatic carbocycles. The number of thioether (sulfide) groups is 1. The first kappa shape index (κ1) is 129. The SMILES string of the molecule is CCN(CC)CC.CCN(CC)CC.CCN(CC)CC.CCN(CC)CC.CCN(CC)CC.CCN(CC)CC.CCN(CC)CC.CCN(CC)CC.Nc1ccc(S(=O)(=O)Nc2ccc(S[C@@H]3O[C@H](COS(=O)(=O)O)[C@@H](O[C@H]4O[C@H](COS(=O)(=O)O)[C@@H](OS(=O)(=O)O)[C@H](OS(=O)(=O)O)[C@H]4OS(=O)(=O)O)[C@H](OS(=O)(=O)O)[C@H]3OS(=O)(=O)O)cc2)cc1. The van der Waals surface area contributed by atoms with Gasteiger partial charge in [0.2, 0.25) is 0 Å². The standard InChI is InChI=1S/C24H32N2O33S9.8C6H15N/c25-11-1-7-14(8-2-11)61(27,28)26-12-3-5-13(6-4-12)60-24-22(59-68(47,48)49)19(56-65(38,39)40)17(15(53-24)9-50-62(29,30)31)54-23-21(58-67(44,45)46)20(57-66(41,42)43)18(55-64(35,36)37)16(52-23)10-51-63(32,33)34;8*1-4-7(5-2)6-3/h1-8,15-24,26H,9-10,25H2,(H,29,30,31)(H,32,33,34)(H,35,36,37)(H,38,39,40)(H,41,42,43)(H,44,45,46)(H,47,48,49);8*4-6H2,1-3H3/t15-,16-,17-,18-,19+,20+,21-,22-,23-,24+;;;;;;;;/m1......../s1. The molecule has 2 fully saturated rings. The van der Waals surface area contributed by atoms with Gasteiger partial charge < -0.3 is 59.1 Å². The average molecular weight is 1970 g/mol. The van der Waals surface area contributed by atoms with Gasteiger partial charge in [-0.15, -0.1) is 0 Å². The molecule has 0 aromatic heterocycles. The Balaban J connectivity index is -0.000000666. The number of nitrogen functional groups attached to an aromatic ring is 1. The van der Waals surface area contributed by atoms with Gasteiger partial charge in [-0.25, -0.2) is 37.7 Å². The topological polar surface area (TPSA) is 571 Å². The van der Waals surface area contributed by atoms with Crippen molar-refractivity contribution >= 4 is 106 Å². The van der Waals surface area contributed by atoms with Crippen molar-refractivity contribution in [3.63, 3.8) is 0 Å². The van der Waals surface area contributed by atoms with E-state index in [2.05, 4.69) is 239 Å². The highest BCUT2D eigenvalue weighted by atomic mass is 32.3. The van der Waals surface area contributed by atoms with E-state index >= 15 is 0 Å². The summed E-state index contributed by atoms with van der Waals surface area (Å²) < 4.78 is 308. The zero-order valence-electron chi connectivity index (χ0n) is 76.9. The van der Waals surface area contributed by atoms with Gasteiger partial charge in [-0.05, 0) is 206 Å². The first-order valence-corrected chi connectivity index (χ1v) is 53.3. The Kier molecular flexibility index (Phi) is 72.0. The van der Waals surface area contributed by atoms with Gasteiger partial charge in [0, 0.05) is 16.3 Å². The molecule has 2 aliphatic heterocycles. The number of hydrogen-bond acceptors (Lipinski definition) is 36. The molecule has 124 heavy (non-hydrogen) atoms. The van der Waals surface area contributed by atoms with Crippen LogP contribution in [0.15, 0.2) is 58.3 Å². The second kappa shape index (κ2) is 68.9. The van der Waals surface area contributed by atoms with Crippen LogP contribution in [0.25, 0.3) is 0 Å². The number of nitrogens with zero attached hydrogens (tertiary/aromatic N) is 8. The van der Waals surface area contributed by atoms with Crippen LogP contribution in [0.3, 0.4) is 0 Å². The molecule has 0 aliphatic carbocycles. The normalized spacial score (nSPS) is 19.5. The number of rotatable bonds is 47. The minimum atomic E-state index is -6.17. The maximum Gasteiger partial charge on any atom is 0.397 e. The number of anilines is 2. The predicted octanol–water partition coefficient (Wildman–Crippen LogP) is 7.36. The summed E-state index contributed by atoms with van der Waals surface area (Å²) in [5, 5.41) is 0. The lowest BCUT2D eigenvalue weighted by atomic mass is 9.97. The fourth-order valence-corrected chi connectivity index (χ4v) is 16.4. The molecule has 10 atom stereocenters. The smallest absolute Gasteiger partial charge is 0.397 e. The van der Waals surface area contributed by atoms with Gasteiger partial charge in [0.05, 0.1) is 18.1 Å². The van der Waals surface area contributed by atoms with Crippen LogP contribution in [-0.4, -0.2) is 369 Å². The first-order chi connectivity index (χ1) is 57.4. The fraction of sp³-hybridized carbons (Fsp3) is 0.833. The van der Waals surface area contributed by atoms with Gasteiger partial charge in [0.15, 0.2) is 12.4 Å². The lowest BCUT2D eigenvalue weighted by Crippen LogP contribution is -2.66. The van der Waals surface area contributed by atoms with Crippen molar-refractivity contribution in [2.75, 3.05) is 181 Å². The number of ether oxygens (including phenoxy) is 3. The molecule has 742 valence electrons. The zero-order chi connectivity index (χ0) is 97.2. The fourth-order valence-electron chi connectivity index (χ4n) is 11.1. The number of nitrogens with one attached hydrogen (secondary N) is 1. The van der Waals surface area contributed by atoms with Crippen LogP contribution >= 0.6 is 11.8 Å². The highest BCUT2D eigenvalue weighted by Gasteiger charge is 2.59. The molecule has 4 rings (SSSR count). The Bertz CT molecular complexity index is 3780. The van der Waals surface area contributed by atoms with Crippen molar-refractivity contribution in [2.24, 2.45) is 0 Å². The Labute approximate surface area is 748 Å². The maximum atomic E-state index is 12.9. The van der Waals surface area contributed by atoms with Gasteiger partial charge in [0.1, 0.15) is 48.2 Å². The van der Waals surface area contributed by atoms with Crippen molar-refractivity contribution in [1.29, 1.82) is 0 Å². The van der Waals surface area contributed by atoms with E-state index in [0.29, 0.717) is 0 Å². The van der Waals surface area contributed by atoms with Gasteiger partial charge in [-0.3, -0.25) is 36.6 Å². The van der Waals surface area contributed by atoms with Gasteiger partial charge in [-0.2, -0.15) is 58.9 Å². The van der Waals surface area contributed by atoms with Crippen LogP contribution in [0.2, 0.25) is 0 Å². The minimum absolute atomic E-state index is 0.156. The monoisotopic (exact) mass is 1970 g/mol. The molecule has 0 amide bonds. The van der Waals surface area contributed by atoms with Crippen molar-refractivity contribution in [3.8, 4) is 0 Å². The van der Waals surface area contributed by atoms with E-state index in [1.54, 1.807) is 0 Å². The molecule has 52 heteroatoms. The highest BCUT2D eigenvalue weighted by molar-refractivity contribution is 8.00. The van der Waals surface area contributed by atoms with E-state index in [9.17, 15) is 94.7 Å². The molecular weight excluding hydrogens is 1820 g/mol. The first-order valence-electron chi connectivity index (χ1n) is 41.4. The van der Waals surface area contributed by atoms with E-state index in [4.69, 9.17) is 24.5 Å². The predicted molar refractivity (Wildman–Crippen MR) is 481 cm³/mol. The van der Waals surface area contributed by atoms with Crippen LogP contribution in [-0.2, 0) is 126 Å². The Morgan fingerprint density at radius 1 is 0.306 bits per heavy atom. The summed E-state index contributed by atoms with van der Waals surface area (Å²) in [7, 11) is -46.0. The molecule has 2 aliphatic rings. The summed E-state index contributed by atoms with van der Waals surface area (Å²) >= 11 is 0.213. The van der Waals surface area contributed by atoms with Crippen molar-refractivity contribution in [2.45, 2.75) is 237 Å². The second-order valence-corrected chi connectivity index (χ2v) is 36.1. The third-order valence-corrected chi connectivity index (χ3v) is 24.4. The zero-order valence-corrected chi connectivity index (χ0v) is 84.2. The van der Waals surface area contributed by atoms with Crippen molar-refractivity contribution in [3.05, 3.63) is 48.5 Å². The second-order valence-electron chi connectivity index (χ2n) is 25.8. The lowest BCUT2D eigenvalue weighted by molar-refractivity contribution is -0.325. The minimum Gasteiger partial charge on any atom is -0.399 e. The molecule has 0 spiro atoms. The molecule has 0 saturated carbocycles. The van der Waals surface area contributed by atoms with Crippen LogP contribution in [0.1, 0.15) is 166 Å². The Morgan fingerprint density at radius 3 is 0.782 bits per heavy atom. The number of nitrogens with two attached hydrogens (primary N) is 1. The van der Waals surface area contributed by atoms with E-state index in [1.807, 2.05) is 0 Å². The van der Waals surface area contributed by atoms with Crippen LogP contribution in [0.5, 0.6) is 0 Å². The largest absolute Gasteiger partial charge is 0.399 e. The van der Waals surface area contributed by atoms with E-state index in [1.165, 1.54) is 169 Å². The third-order valence-electron chi connectivity index (χ3n) is 18.7. The molecule has 0 radical (unpaired) electrons. The molecule has 2 aromatic rings.